The van der Waals surface area contributed by atoms with Crippen molar-refractivity contribution in [3.63, 3.8) is 0 Å². The molecule has 0 unspecified atom stereocenters. The quantitative estimate of drug-likeness (QED) is 0.281. The molecule has 0 saturated carbocycles. The number of nitrogen functional groups attached to an aromatic ring is 1. The van der Waals surface area contributed by atoms with Gasteiger partial charge < -0.3 is 20.4 Å². The Labute approximate surface area is 256 Å². The number of methoxy groups -OCH3 is 1. The molecule has 6 heterocycles. The number of rotatable bonds is 6. The molecule has 3 N–H and O–H groups in total. The third-order valence-corrected chi connectivity index (χ3v) is 9.91. The molecule has 232 valence electrons. The Balaban J connectivity index is 1.27. The van der Waals surface area contributed by atoms with Crippen LogP contribution >= 0.6 is 0 Å². The highest BCUT2D eigenvalue weighted by atomic mass is 32.2. The van der Waals surface area contributed by atoms with Gasteiger partial charge in [0.05, 0.1) is 18.5 Å². The molecule has 15 heteroatoms. The molecule has 4 aromatic heterocycles. The number of carbonyl (C=O) groups is 1. The summed E-state index contributed by atoms with van der Waals surface area (Å²) in [5, 5.41) is 7.60. The molecule has 7 rings (SSSR count). The number of amides is 1. The number of nitrogens with zero attached hydrogens (tertiary/aromatic N) is 6. The summed E-state index contributed by atoms with van der Waals surface area (Å²) in [7, 11) is -2.53. The fourth-order valence-electron chi connectivity index (χ4n) is 6.78. The lowest BCUT2D eigenvalue weighted by Gasteiger charge is -2.38. The number of hydrogen-bond acceptors (Lipinski definition) is 9. The lowest BCUT2D eigenvalue weighted by molar-refractivity contribution is 0.0556. The molecule has 2 aliphatic heterocycles. The first-order chi connectivity index (χ1) is 21.5. The van der Waals surface area contributed by atoms with Gasteiger partial charge in [-0.05, 0) is 43.9 Å². The van der Waals surface area contributed by atoms with Gasteiger partial charge in [-0.15, -0.1) is 10.2 Å². The van der Waals surface area contributed by atoms with Crippen molar-refractivity contribution in [1.82, 2.24) is 34.4 Å². The summed E-state index contributed by atoms with van der Waals surface area (Å²) in [6.45, 7) is 0. The van der Waals surface area contributed by atoms with Crippen LogP contribution in [0.4, 0.5) is 14.6 Å². The number of nitrogens with one attached hydrogen (secondary N) is 1. The molecule has 2 saturated heterocycles. The molecule has 3 atom stereocenters. The van der Waals surface area contributed by atoms with Gasteiger partial charge in [-0.1, -0.05) is 6.07 Å². The average Bonchev–Trinajstić information content (AvgIpc) is 3.76. The lowest BCUT2D eigenvalue weighted by atomic mass is 9.87. The third-order valence-electron chi connectivity index (χ3n) is 8.75. The third kappa shape index (κ3) is 4.77. The van der Waals surface area contributed by atoms with Crippen LogP contribution in [0.5, 0.6) is 5.75 Å². The Hall–Kier alpha value is -4.92. The molecule has 2 bridgehead atoms. The van der Waals surface area contributed by atoms with Crippen molar-refractivity contribution in [2.24, 2.45) is 0 Å². The number of carbonyl (C=O) groups excluding carboxylic acids is 1. The number of halogens is 2. The molecule has 1 aromatic carbocycles. The number of ether oxygens (including phenoxy) is 1. The zero-order valence-electron chi connectivity index (χ0n) is 24.2. The summed E-state index contributed by atoms with van der Waals surface area (Å²) in [5.41, 5.74) is 8.78. The average molecular weight is 635 g/mol. The monoisotopic (exact) mass is 634 g/mol. The van der Waals surface area contributed by atoms with Crippen LogP contribution in [0, 0.1) is 11.6 Å². The van der Waals surface area contributed by atoms with Gasteiger partial charge in [-0.2, -0.15) is 0 Å². The van der Waals surface area contributed by atoms with Crippen LogP contribution < -0.4 is 10.5 Å². The van der Waals surface area contributed by atoms with Gasteiger partial charge in [-0.3, -0.25) is 14.2 Å². The van der Waals surface area contributed by atoms with Crippen molar-refractivity contribution in [1.29, 1.82) is 0 Å². The SMILES string of the molecule is COc1cc(F)c(-c2ccc(-c3ccn4c(N)c(S(C)(=O)=O)c([C@@H]5C[C@H]6CC[C@@H](C5)N6C(=O)c5nnc[nH]5)nc34)cn2)cc1F. The van der Waals surface area contributed by atoms with Crippen LogP contribution in [0.15, 0.2) is 53.9 Å². The van der Waals surface area contributed by atoms with Gasteiger partial charge in [0.2, 0.25) is 5.82 Å². The molecule has 2 fully saturated rings. The Bertz CT molecular complexity index is 2050. The van der Waals surface area contributed by atoms with E-state index in [1.165, 1.54) is 24.0 Å². The molecule has 5 aromatic rings. The number of H-pyrrole nitrogens is 1. The Morgan fingerprint density at radius 3 is 2.47 bits per heavy atom. The summed E-state index contributed by atoms with van der Waals surface area (Å²) in [6, 6.07) is 6.78. The molecule has 0 aliphatic carbocycles. The maximum atomic E-state index is 14.7. The fraction of sp³-hybridized carbons (Fsp3) is 0.300. The molecule has 2 aliphatic rings. The van der Waals surface area contributed by atoms with E-state index in [0.29, 0.717) is 35.3 Å². The van der Waals surface area contributed by atoms with E-state index >= 15 is 0 Å². The van der Waals surface area contributed by atoms with Crippen molar-refractivity contribution in [3.05, 3.63) is 72.2 Å². The minimum atomic E-state index is -3.79. The highest BCUT2D eigenvalue weighted by molar-refractivity contribution is 7.91. The summed E-state index contributed by atoms with van der Waals surface area (Å²) < 4.78 is 61.6. The maximum absolute atomic E-state index is 14.7. The number of sulfone groups is 1. The molecule has 12 nitrogen and oxygen atoms in total. The number of benzene rings is 1. The molecule has 0 radical (unpaired) electrons. The van der Waals surface area contributed by atoms with E-state index < -0.39 is 21.5 Å². The van der Waals surface area contributed by atoms with E-state index in [4.69, 9.17) is 15.5 Å². The number of fused-ring (bicyclic) bond motifs is 3. The van der Waals surface area contributed by atoms with Gasteiger partial charge in [0.25, 0.3) is 5.91 Å². The van der Waals surface area contributed by atoms with E-state index in [2.05, 4.69) is 20.2 Å². The Morgan fingerprint density at radius 1 is 1.09 bits per heavy atom. The number of aromatic amines is 1. The van der Waals surface area contributed by atoms with Crippen molar-refractivity contribution >= 4 is 27.2 Å². The van der Waals surface area contributed by atoms with Crippen LogP contribution in [0.1, 0.15) is 47.9 Å². The lowest BCUT2D eigenvalue weighted by Crippen LogP contribution is -2.46. The fourth-order valence-corrected chi connectivity index (χ4v) is 7.85. The first kappa shape index (κ1) is 28.8. The molecular weight excluding hydrogens is 606 g/mol. The van der Waals surface area contributed by atoms with E-state index in [0.717, 1.165) is 31.2 Å². The molecule has 0 spiro atoms. The smallest absolute Gasteiger partial charge is 0.292 e. The minimum Gasteiger partial charge on any atom is -0.494 e. The van der Waals surface area contributed by atoms with Gasteiger partial charge in [0.15, 0.2) is 21.4 Å². The molecule has 1 amide bonds. The summed E-state index contributed by atoms with van der Waals surface area (Å²) in [4.78, 5) is 27.0. The second kappa shape index (κ2) is 10.6. The van der Waals surface area contributed by atoms with Crippen molar-refractivity contribution < 1.29 is 26.7 Å². The number of piperidine rings is 1. The summed E-state index contributed by atoms with van der Waals surface area (Å²) >= 11 is 0. The number of pyridine rings is 1. The zero-order valence-corrected chi connectivity index (χ0v) is 25.1. The maximum Gasteiger partial charge on any atom is 0.292 e. The van der Waals surface area contributed by atoms with Crippen molar-refractivity contribution in [2.75, 3.05) is 19.1 Å². The van der Waals surface area contributed by atoms with Crippen molar-refractivity contribution in [2.45, 2.75) is 48.6 Å². The first-order valence-electron chi connectivity index (χ1n) is 14.2. The van der Waals surface area contributed by atoms with Gasteiger partial charge in [-0.25, -0.2) is 22.2 Å². The second-order valence-corrected chi connectivity index (χ2v) is 13.4. The van der Waals surface area contributed by atoms with Gasteiger partial charge in [0.1, 0.15) is 28.5 Å². The van der Waals surface area contributed by atoms with Gasteiger partial charge in [0, 0.05) is 59.4 Å². The van der Waals surface area contributed by atoms with Crippen molar-refractivity contribution in [3.8, 4) is 28.1 Å². The number of nitrogens with two attached hydrogens (primary N) is 1. The highest BCUT2D eigenvalue weighted by Gasteiger charge is 2.46. The Morgan fingerprint density at radius 2 is 1.84 bits per heavy atom. The minimum absolute atomic E-state index is 0.0215. The van der Waals surface area contributed by atoms with Crippen LogP contribution in [-0.4, -0.2) is 74.2 Å². The summed E-state index contributed by atoms with van der Waals surface area (Å²) in [6.07, 6.45) is 8.21. The standard InChI is InChI=1S/C30H28F2N8O4S/c1-44-24-12-21(31)20(11-22(24)32)23-6-3-15(13-34-23)19-7-8-39-27(33)26(45(2,42)43)25(37-29(19)39)16-9-17-4-5-18(10-16)40(17)30(41)28-35-14-36-38-28/h3,6-8,11-14,16-18H,4-5,9-10,33H2,1-2H3,(H,35,36,38)/t16-,17-,18+. The second-order valence-electron chi connectivity index (χ2n) is 11.4. The normalized spacial score (nSPS) is 19.7. The van der Waals surface area contributed by atoms with Crippen LogP contribution in [0.2, 0.25) is 0 Å². The van der Waals surface area contributed by atoms with Crippen LogP contribution in [0.25, 0.3) is 28.0 Å². The Kier molecular flexibility index (Phi) is 6.80. The van der Waals surface area contributed by atoms with Crippen LogP contribution in [-0.2, 0) is 9.84 Å². The topological polar surface area (TPSA) is 161 Å². The van der Waals surface area contributed by atoms with E-state index in [-0.39, 0.29) is 57.5 Å². The summed E-state index contributed by atoms with van der Waals surface area (Å²) in [5.74, 6) is -1.89. The predicted molar refractivity (Wildman–Crippen MR) is 159 cm³/mol. The predicted octanol–water partition coefficient (Wildman–Crippen LogP) is 4.00. The largest absolute Gasteiger partial charge is 0.494 e. The first-order valence-corrected chi connectivity index (χ1v) is 16.1. The number of aromatic nitrogens is 6. The van der Waals surface area contributed by atoms with E-state index in [9.17, 15) is 22.0 Å². The molecular formula is C30H28F2N8O4S. The highest BCUT2D eigenvalue weighted by Crippen LogP contribution is 2.46. The zero-order chi connectivity index (χ0) is 31.6. The number of hydrogen-bond donors (Lipinski definition) is 2. The van der Waals surface area contributed by atoms with Crippen LogP contribution in [0.3, 0.4) is 0 Å². The van der Waals surface area contributed by atoms with E-state index in [1.807, 2.05) is 4.90 Å². The molecule has 45 heavy (non-hydrogen) atoms. The number of anilines is 1. The van der Waals surface area contributed by atoms with E-state index in [1.54, 1.807) is 24.4 Å². The van der Waals surface area contributed by atoms with Gasteiger partial charge >= 0.3 is 0 Å².